The van der Waals surface area contributed by atoms with Crippen molar-refractivity contribution >= 4 is 22.8 Å². The zero-order chi connectivity index (χ0) is 19.1. The van der Waals surface area contributed by atoms with Crippen molar-refractivity contribution < 1.29 is 4.79 Å². The number of carbonyl (C=O) groups is 1. The monoisotopic (exact) mass is 366 g/mol. The van der Waals surface area contributed by atoms with E-state index >= 15 is 0 Å². The number of amides is 1. The average molecular weight is 366 g/mol. The smallest absolute Gasteiger partial charge is 0.220 e. The lowest BCUT2D eigenvalue weighted by Crippen LogP contribution is -2.28. The van der Waals surface area contributed by atoms with Crippen LogP contribution in [0.3, 0.4) is 0 Å². The molecule has 0 saturated heterocycles. The van der Waals surface area contributed by atoms with Gasteiger partial charge in [-0.05, 0) is 17.9 Å². The molecule has 142 valence electrons. The molecule has 0 saturated carbocycles. The van der Waals surface area contributed by atoms with Crippen molar-refractivity contribution in [1.82, 2.24) is 25.1 Å². The zero-order valence-corrected chi connectivity index (χ0v) is 15.9. The largest absolute Gasteiger partial charge is 0.369 e. The third kappa shape index (κ3) is 5.26. The molecule has 0 atom stereocenters. The van der Waals surface area contributed by atoms with E-state index in [-0.39, 0.29) is 5.91 Å². The first-order valence-corrected chi connectivity index (χ1v) is 9.34. The van der Waals surface area contributed by atoms with Gasteiger partial charge >= 0.3 is 0 Å². The first-order valence-electron chi connectivity index (χ1n) is 9.34. The average Bonchev–Trinajstić information content (AvgIpc) is 3.06. The van der Waals surface area contributed by atoms with Gasteiger partial charge in [-0.2, -0.15) is 5.10 Å². The van der Waals surface area contributed by atoms with Crippen LogP contribution in [0.5, 0.6) is 0 Å². The molecule has 3 rings (SSSR count). The van der Waals surface area contributed by atoms with Crippen molar-refractivity contribution in [3.63, 3.8) is 0 Å². The zero-order valence-electron chi connectivity index (χ0n) is 15.9. The van der Waals surface area contributed by atoms with Gasteiger partial charge in [0.15, 0.2) is 5.65 Å². The number of benzene rings is 1. The minimum absolute atomic E-state index is 0.0688. The van der Waals surface area contributed by atoms with E-state index in [1.807, 2.05) is 32.0 Å². The molecule has 0 bridgehead atoms. The predicted molar refractivity (Wildman–Crippen MR) is 106 cm³/mol. The highest BCUT2D eigenvalue weighted by Crippen LogP contribution is 2.18. The molecule has 27 heavy (non-hydrogen) atoms. The SMILES string of the molecule is CC(C)CC(=O)NCCn1ncc2c(NCCc3ccccc3)ncnc21. The number of fused-ring (bicyclic) bond motifs is 1. The normalized spacial score (nSPS) is 11.1. The first-order chi connectivity index (χ1) is 13.1. The van der Waals surface area contributed by atoms with Crippen LogP contribution in [0, 0.1) is 5.92 Å². The maximum Gasteiger partial charge on any atom is 0.220 e. The Kier molecular flexibility index (Phi) is 6.35. The van der Waals surface area contributed by atoms with Crippen molar-refractivity contribution in [1.29, 1.82) is 0 Å². The third-order valence-corrected chi connectivity index (χ3v) is 4.22. The molecule has 1 aromatic carbocycles. The fraction of sp³-hybridized carbons (Fsp3) is 0.400. The lowest BCUT2D eigenvalue weighted by molar-refractivity contribution is -0.121. The second-order valence-corrected chi connectivity index (χ2v) is 6.94. The third-order valence-electron chi connectivity index (χ3n) is 4.22. The number of hydrogen-bond acceptors (Lipinski definition) is 5. The van der Waals surface area contributed by atoms with E-state index in [4.69, 9.17) is 0 Å². The highest BCUT2D eigenvalue weighted by atomic mass is 16.1. The van der Waals surface area contributed by atoms with Crippen LogP contribution in [0.2, 0.25) is 0 Å². The number of carbonyl (C=O) groups excluding carboxylic acids is 1. The molecule has 0 aliphatic carbocycles. The van der Waals surface area contributed by atoms with Gasteiger partial charge in [0.2, 0.25) is 5.91 Å². The highest BCUT2D eigenvalue weighted by molar-refractivity contribution is 5.86. The molecule has 1 amide bonds. The Balaban J connectivity index is 1.58. The summed E-state index contributed by atoms with van der Waals surface area (Å²) in [6.45, 7) is 5.96. The summed E-state index contributed by atoms with van der Waals surface area (Å²) >= 11 is 0. The fourth-order valence-corrected chi connectivity index (χ4v) is 2.91. The molecule has 3 aromatic rings. The molecule has 7 heteroatoms. The first kappa shape index (κ1) is 18.8. The molecular weight excluding hydrogens is 340 g/mol. The molecule has 0 aliphatic rings. The second kappa shape index (κ2) is 9.12. The Morgan fingerprint density at radius 2 is 1.96 bits per heavy atom. The van der Waals surface area contributed by atoms with Gasteiger partial charge in [0.25, 0.3) is 0 Å². The molecule has 0 radical (unpaired) electrons. The Morgan fingerprint density at radius 3 is 2.74 bits per heavy atom. The van der Waals surface area contributed by atoms with Gasteiger partial charge in [-0.15, -0.1) is 0 Å². The summed E-state index contributed by atoms with van der Waals surface area (Å²) in [5.74, 6) is 1.21. The van der Waals surface area contributed by atoms with Crippen LogP contribution in [-0.2, 0) is 17.8 Å². The summed E-state index contributed by atoms with van der Waals surface area (Å²) < 4.78 is 1.80. The number of nitrogens with zero attached hydrogens (tertiary/aromatic N) is 4. The number of anilines is 1. The molecule has 2 heterocycles. The van der Waals surface area contributed by atoms with Crippen LogP contribution in [0.25, 0.3) is 11.0 Å². The van der Waals surface area contributed by atoms with E-state index in [2.05, 4.69) is 37.8 Å². The molecule has 0 spiro atoms. The number of rotatable bonds is 9. The maximum atomic E-state index is 11.8. The maximum absolute atomic E-state index is 11.8. The minimum Gasteiger partial charge on any atom is -0.369 e. The van der Waals surface area contributed by atoms with E-state index in [9.17, 15) is 4.79 Å². The van der Waals surface area contributed by atoms with Crippen LogP contribution in [0.15, 0.2) is 42.9 Å². The van der Waals surface area contributed by atoms with Crippen molar-refractivity contribution in [3.05, 3.63) is 48.4 Å². The lowest BCUT2D eigenvalue weighted by atomic mass is 10.1. The van der Waals surface area contributed by atoms with Crippen molar-refractivity contribution in [2.75, 3.05) is 18.4 Å². The number of aromatic nitrogens is 4. The lowest BCUT2D eigenvalue weighted by Gasteiger charge is -2.08. The number of nitrogens with one attached hydrogen (secondary N) is 2. The van der Waals surface area contributed by atoms with Gasteiger partial charge < -0.3 is 10.6 Å². The molecular formula is C20H26N6O. The quantitative estimate of drug-likeness (QED) is 0.608. The molecule has 7 nitrogen and oxygen atoms in total. The highest BCUT2D eigenvalue weighted by Gasteiger charge is 2.10. The van der Waals surface area contributed by atoms with Crippen LogP contribution < -0.4 is 10.6 Å². The Bertz CT molecular complexity index is 875. The van der Waals surface area contributed by atoms with Gasteiger partial charge in [0.1, 0.15) is 12.1 Å². The van der Waals surface area contributed by atoms with Gasteiger partial charge in [-0.3, -0.25) is 4.79 Å². The van der Waals surface area contributed by atoms with E-state index in [0.717, 1.165) is 29.8 Å². The van der Waals surface area contributed by atoms with E-state index < -0.39 is 0 Å². The summed E-state index contributed by atoms with van der Waals surface area (Å²) in [5.41, 5.74) is 2.05. The van der Waals surface area contributed by atoms with Crippen LogP contribution >= 0.6 is 0 Å². The van der Waals surface area contributed by atoms with Crippen molar-refractivity contribution in [2.45, 2.75) is 33.2 Å². The summed E-state index contributed by atoms with van der Waals surface area (Å²) in [7, 11) is 0. The fourth-order valence-electron chi connectivity index (χ4n) is 2.91. The Labute approximate surface area is 159 Å². The van der Waals surface area contributed by atoms with Crippen molar-refractivity contribution in [2.24, 2.45) is 5.92 Å². The van der Waals surface area contributed by atoms with Crippen LogP contribution in [0.1, 0.15) is 25.8 Å². The number of hydrogen-bond donors (Lipinski definition) is 2. The van der Waals surface area contributed by atoms with Crippen molar-refractivity contribution in [3.8, 4) is 0 Å². The topological polar surface area (TPSA) is 84.7 Å². The minimum atomic E-state index is 0.0688. The summed E-state index contributed by atoms with van der Waals surface area (Å²) in [4.78, 5) is 20.5. The van der Waals surface area contributed by atoms with Gasteiger partial charge in [0, 0.05) is 19.5 Å². The summed E-state index contributed by atoms with van der Waals surface area (Å²) in [6, 6.07) is 10.3. The van der Waals surface area contributed by atoms with Crippen LogP contribution in [0.4, 0.5) is 5.82 Å². The molecule has 2 aromatic heterocycles. The molecule has 0 fully saturated rings. The molecule has 0 unspecified atom stereocenters. The second-order valence-electron chi connectivity index (χ2n) is 6.94. The summed E-state index contributed by atoms with van der Waals surface area (Å²) in [6.07, 6.45) is 4.78. The predicted octanol–water partition coefficient (Wildman–Crippen LogP) is 2.64. The van der Waals surface area contributed by atoms with E-state index in [1.54, 1.807) is 17.2 Å². The summed E-state index contributed by atoms with van der Waals surface area (Å²) in [5, 5.41) is 11.6. The molecule has 2 N–H and O–H groups in total. The van der Waals surface area contributed by atoms with Gasteiger partial charge in [0.05, 0.1) is 18.1 Å². The standard InChI is InChI=1S/C20H26N6O/c1-15(2)12-18(27)21-10-11-26-20-17(13-25-26)19(23-14-24-20)22-9-8-16-6-4-3-5-7-16/h3-7,13-15H,8-12H2,1-2H3,(H,21,27)(H,22,23,24). The van der Waals surface area contributed by atoms with E-state index in [1.165, 1.54) is 5.56 Å². The van der Waals surface area contributed by atoms with Crippen LogP contribution in [-0.4, -0.2) is 38.7 Å². The molecule has 0 aliphatic heterocycles. The van der Waals surface area contributed by atoms with E-state index in [0.29, 0.717) is 25.4 Å². The Hall–Kier alpha value is -2.96. The Morgan fingerprint density at radius 1 is 1.15 bits per heavy atom. The van der Waals surface area contributed by atoms with Gasteiger partial charge in [-0.1, -0.05) is 44.2 Å². The van der Waals surface area contributed by atoms with Gasteiger partial charge in [-0.25, -0.2) is 14.6 Å².